The van der Waals surface area contributed by atoms with Crippen LogP contribution in [0.2, 0.25) is 0 Å². The van der Waals surface area contributed by atoms with Gasteiger partial charge in [0.05, 0.1) is 0 Å². The van der Waals surface area contributed by atoms with Crippen LogP contribution in [-0.4, -0.2) is 5.16 Å². The Morgan fingerprint density at radius 2 is 1.55 bits per heavy atom. The molecule has 0 aliphatic heterocycles. The maximum absolute atomic E-state index is 5.78. The molecule has 0 spiro atoms. The van der Waals surface area contributed by atoms with Crippen molar-refractivity contribution < 1.29 is 21.8 Å². The van der Waals surface area contributed by atoms with Crippen LogP contribution >= 0.6 is 18.6 Å². The number of halogens is 2. The maximum atomic E-state index is 5.78. The van der Waals surface area contributed by atoms with E-state index in [1.807, 2.05) is 6.92 Å². The van der Waals surface area contributed by atoms with E-state index >= 15 is 0 Å². The number of aromatic nitrogens is 1. The van der Waals surface area contributed by atoms with Crippen molar-refractivity contribution in [2.24, 2.45) is 5.73 Å². The summed E-state index contributed by atoms with van der Waals surface area (Å²) >= 11 is 2.61. The van der Waals surface area contributed by atoms with Gasteiger partial charge in [0.15, 0.2) is 0 Å². The van der Waals surface area contributed by atoms with Gasteiger partial charge in [0, 0.05) is 0 Å². The second-order valence-electron chi connectivity index (χ2n) is 4.94. The molecule has 0 atom stereocenters. The predicted octanol–water partition coefficient (Wildman–Crippen LogP) is 1.38. The summed E-state index contributed by atoms with van der Waals surface area (Å²) < 4.78 is 6.87. The van der Waals surface area contributed by atoms with E-state index in [2.05, 4.69) is 72.3 Å². The van der Waals surface area contributed by atoms with E-state index in [0.717, 1.165) is 22.6 Å². The summed E-state index contributed by atoms with van der Waals surface area (Å²) in [7, 11) is 0. The van der Waals surface area contributed by atoms with Gasteiger partial charge in [-0.2, -0.15) is 0 Å². The van der Waals surface area contributed by atoms with Gasteiger partial charge in [0.25, 0.3) is 0 Å². The molecule has 3 nitrogen and oxygen atoms in total. The Kier molecular flexibility index (Phi) is 5.14. The molecule has 0 amide bonds. The molecule has 1 heterocycles. The van der Waals surface area contributed by atoms with Crippen molar-refractivity contribution in [1.82, 2.24) is 5.16 Å². The normalized spacial score (nSPS) is 11.0. The van der Waals surface area contributed by atoms with Crippen molar-refractivity contribution in [3.05, 3.63) is 63.4 Å². The summed E-state index contributed by atoms with van der Waals surface area (Å²) in [4.78, 5) is 0. The van der Waals surface area contributed by atoms with Crippen LogP contribution in [0.1, 0.15) is 11.3 Å². The SMILES string of the molecule is Cc1noc(-c2ccc(-c3ccc([I-]I)cc3)cc2)c1CN. The molecule has 0 aliphatic rings. The molecule has 0 fully saturated rings. The quantitative estimate of drug-likeness (QED) is 0.533. The van der Waals surface area contributed by atoms with Gasteiger partial charge in [0.1, 0.15) is 0 Å². The van der Waals surface area contributed by atoms with Crippen molar-refractivity contribution in [3.8, 4) is 22.5 Å². The van der Waals surface area contributed by atoms with Crippen LogP contribution in [0.5, 0.6) is 0 Å². The third kappa shape index (κ3) is 3.21. The van der Waals surface area contributed by atoms with Crippen LogP contribution < -0.4 is 23.0 Å². The van der Waals surface area contributed by atoms with Crippen molar-refractivity contribution in [1.29, 1.82) is 0 Å². The minimum atomic E-state index is 0.126. The molecule has 22 heavy (non-hydrogen) atoms. The molecule has 0 radical (unpaired) electrons. The third-order valence-corrected chi connectivity index (χ3v) is 7.94. The molecule has 3 rings (SSSR count). The molecule has 0 unspecified atom stereocenters. The predicted molar refractivity (Wildman–Crippen MR) is 92.7 cm³/mol. The average molecular weight is 517 g/mol. The van der Waals surface area contributed by atoms with Gasteiger partial charge in [-0.3, -0.25) is 0 Å². The molecule has 0 aliphatic carbocycles. The van der Waals surface area contributed by atoms with E-state index in [-0.39, 0.29) is 17.2 Å². The Bertz CT molecular complexity index is 764. The molecule has 0 bridgehead atoms. The zero-order valence-electron chi connectivity index (χ0n) is 12.0. The molecule has 0 saturated heterocycles. The molecule has 0 saturated carbocycles. The van der Waals surface area contributed by atoms with Crippen LogP contribution in [0.3, 0.4) is 0 Å². The number of nitrogens with two attached hydrogens (primary N) is 1. The fraction of sp³-hybridized carbons (Fsp3) is 0.118. The number of aryl methyl sites for hydroxylation is 1. The van der Waals surface area contributed by atoms with Gasteiger partial charge in [-0.15, -0.1) is 0 Å². The van der Waals surface area contributed by atoms with Crippen molar-refractivity contribution in [3.63, 3.8) is 0 Å². The number of hydrogen-bond acceptors (Lipinski definition) is 3. The third-order valence-electron chi connectivity index (χ3n) is 3.60. The average Bonchev–Trinajstić information content (AvgIpc) is 2.96. The van der Waals surface area contributed by atoms with E-state index < -0.39 is 0 Å². The Balaban J connectivity index is 1.91. The van der Waals surface area contributed by atoms with Crippen LogP contribution in [0.4, 0.5) is 0 Å². The molecular weight excluding hydrogens is 502 g/mol. The molecule has 5 heteroatoms. The second-order valence-corrected chi connectivity index (χ2v) is 9.32. The van der Waals surface area contributed by atoms with E-state index in [4.69, 9.17) is 10.3 Å². The summed E-state index contributed by atoms with van der Waals surface area (Å²) in [5, 5.41) is 4.01. The first-order chi connectivity index (χ1) is 10.7. The van der Waals surface area contributed by atoms with E-state index in [1.165, 1.54) is 14.7 Å². The van der Waals surface area contributed by atoms with E-state index in [1.54, 1.807) is 0 Å². The van der Waals surface area contributed by atoms with E-state index in [9.17, 15) is 0 Å². The molecule has 2 aromatic carbocycles. The zero-order chi connectivity index (χ0) is 15.5. The van der Waals surface area contributed by atoms with Crippen LogP contribution in [0.15, 0.2) is 53.1 Å². The summed E-state index contributed by atoms with van der Waals surface area (Å²) in [5.41, 5.74) is 11.1. The molecule has 2 N–H and O–H groups in total. The van der Waals surface area contributed by atoms with Crippen LogP contribution in [0.25, 0.3) is 22.5 Å². The first kappa shape index (κ1) is 15.9. The first-order valence-corrected chi connectivity index (χ1v) is 14.2. The number of hydrogen-bond donors (Lipinski definition) is 1. The van der Waals surface area contributed by atoms with Gasteiger partial charge in [-0.05, 0) is 0 Å². The molecule has 1 aromatic heterocycles. The minimum absolute atomic E-state index is 0.126. The molecular formula is C17H15I2N2O-. The first-order valence-electron chi connectivity index (χ1n) is 6.85. The van der Waals surface area contributed by atoms with Gasteiger partial charge in [-0.1, -0.05) is 0 Å². The molecule has 3 aromatic rings. The standard InChI is InChI=1S/C17H15I2N2O/c1-11-16(10-20)17(22-21-11)14-4-2-12(3-5-14)13-6-8-15(19-18)9-7-13/h2-9H,10,20H2,1H3/q-1. The number of rotatable bonds is 4. The topological polar surface area (TPSA) is 52.0 Å². The van der Waals surface area contributed by atoms with Crippen molar-refractivity contribution in [2.45, 2.75) is 13.5 Å². The fourth-order valence-electron chi connectivity index (χ4n) is 2.36. The zero-order valence-corrected chi connectivity index (χ0v) is 16.3. The van der Waals surface area contributed by atoms with Crippen LogP contribution in [-0.2, 0) is 6.54 Å². The summed E-state index contributed by atoms with van der Waals surface area (Å²) in [5.74, 6) is 0.775. The summed E-state index contributed by atoms with van der Waals surface area (Å²) in [6.07, 6.45) is 0. The van der Waals surface area contributed by atoms with Crippen molar-refractivity contribution in [2.75, 3.05) is 0 Å². The van der Waals surface area contributed by atoms with Gasteiger partial charge in [-0.25, -0.2) is 0 Å². The van der Waals surface area contributed by atoms with Crippen molar-refractivity contribution >= 4 is 18.6 Å². The second kappa shape index (κ2) is 7.10. The number of nitrogens with zero attached hydrogens (tertiary/aromatic N) is 1. The monoisotopic (exact) mass is 517 g/mol. The molecule has 114 valence electrons. The van der Waals surface area contributed by atoms with Gasteiger partial charge >= 0.3 is 151 Å². The Morgan fingerprint density at radius 1 is 1.00 bits per heavy atom. The Morgan fingerprint density at radius 3 is 2.09 bits per heavy atom. The fourth-order valence-corrected chi connectivity index (χ4v) is 4.81. The van der Waals surface area contributed by atoms with E-state index in [0.29, 0.717) is 6.54 Å². The summed E-state index contributed by atoms with van der Waals surface area (Å²) in [6.45, 7) is 2.36. The van der Waals surface area contributed by atoms with Gasteiger partial charge in [0.2, 0.25) is 0 Å². The van der Waals surface area contributed by atoms with Crippen LogP contribution in [0, 0.1) is 10.5 Å². The summed E-state index contributed by atoms with van der Waals surface area (Å²) in [6, 6.07) is 17.2. The van der Waals surface area contributed by atoms with Gasteiger partial charge < -0.3 is 0 Å². The number of benzene rings is 2. The Hall–Kier alpha value is -0.930. The Labute approximate surface area is 149 Å².